The zero-order valence-electron chi connectivity index (χ0n) is 16.8. The van der Waals surface area contributed by atoms with Gasteiger partial charge < -0.3 is 16.0 Å². The van der Waals surface area contributed by atoms with Crippen LogP contribution < -0.4 is 16.0 Å². The lowest BCUT2D eigenvalue weighted by Gasteiger charge is -2.22. The van der Waals surface area contributed by atoms with Gasteiger partial charge in [-0.15, -0.1) is 0 Å². The summed E-state index contributed by atoms with van der Waals surface area (Å²) in [5, 5.41) is 8.03. The van der Waals surface area contributed by atoms with Crippen molar-refractivity contribution in [2.75, 3.05) is 11.9 Å². The average molecular weight is 424 g/mol. The Morgan fingerprint density at radius 1 is 1.13 bits per heavy atom. The van der Waals surface area contributed by atoms with E-state index in [0.29, 0.717) is 16.8 Å². The van der Waals surface area contributed by atoms with E-state index in [1.165, 1.54) is 31.2 Å². The highest BCUT2D eigenvalue weighted by molar-refractivity contribution is 6.11. The van der Waals surface area contributed by atoms with Crippen LogP contribution in [-0.4, -0.2) is 41.2 Å². The van der Waals surface area contributed by atoms with Gasteiger partial charge in [0.2, 0.25) is 5.91 Å². The van der Waals surface area contributed by atoms with Gasteiger partial charge in [0.15, 0.2) is 0 Å². The highest BCUT2D eigenvalue weighted by Gasteiger charge is 2.49. The summed E-state index contributed by atoms with van der Waals surface area (Å²) < 4.78 is 13.2. The molecule has 0 aromatic heterocycles. The van der Waals surface area contributed by atoms with Crippen LogP contribution in [0, 0.1) is 5.82 Å². The number of carbonyl (C=O) groups excluding carboxylic acids is 4. The molecule has 2 aromatic rings. The highest BCUT2D eigenvalue weighted by Crippen LogP contribution is 2.29. The molecule has 1 aliphatic heterocycles. The molecule has 0 bridgehead atoms. The SMILES string of the molecule is CC1(c2ccc(F)cc2)NC(=O)N(CC(=O)Nc2ccccc2C(=O)NC2CC2)C1=O. The van der Waals surface area contributed by atoms with Gasteiger partial charge in [-0.25, -0.2) is 9.18 Å². The number of halogens is 1. The number of carbonyl (C=O) groups is 4. The van der Waals surface area contributed by atoms with Crippen molar-refractivity contribution >= 4 is 29.4 Å². The molecule has 0 radical (unpaired) electrons. The molecular weight excluding hydrogens is 403 g/mol. The fraction of sp³-hybridized carbons (Fsp3) is 0.273. The van der Waals surface area contributed by atoms with E-state index in [1.54, 1.807) is 24.3 Å². The van der Waals surface area contributed by atoms with Gasteiger partial charge in [-0.1, -0.05) is 24.3 Å². The van der Waals surface area contributed by atoms with E-state index < -0.39 is 35.7 Å². The molecule has 1 aliphatic carbocycles. The third-order valence-electron chi connectivity index (χ3n) is 5.36. The van der Waals surface area contributed by atoms with Gasteiger partial charge in [0.25, 0.3) is 11.8 Å². The summed E-state index contributed by atoms with van der Waals surface area (Å²) in [7, 11) is 0. The molecule has 1 unspecified atom stereocenters. The van der Waals surface area contributed by atoms with E-state index >= 15 is 0 Å². The predicted molar refractivity (Wildman–Crippen MR) is 110 cm³/mol. The topological polar surface area (TPSA) is 108 Å². The maximum absolute atomic E-state index is 13.2. The second-order valence-electron chi connectivity index (χ2n) is 7.79. The number of nitrogens with one attached hydrogen (secondary N) is 3. The lowest BCUT2D eigenvalue weighted by Crippen LogP contribution is -2.42. The zero-order chi connectivity index (χ0) is 22.2. The Hall–Kier alpha value is -3.75. The summed E-state index contributed by atoms with van der Waals surface area (Å²) in [4.78, 5) is 51.1. The summed E-state index contributed by atoms with van der Waals surface area (Å²) in [6.07, 6.45) is 1.86. The second-order valence-corrected chi connectivity index (χ2v) is 7.79. The Balaban J connectivity index is 1.47. The number of para-hydroxylation sites is 1. The van der Waals surface area contributed by atoms with Crippen LogP contribution in [0.4, 0.5) is 14.9 Å². The minimum absolute atomic E-state index is 0.159. The maximum atomic E-state index is 13.2. The first-order valence-electron chi connectivity index (χ1n) is 9.88. The Morgan fingerprint density at radius 2 is 1.81 bits per heavy atom. The highest BCUT2D eigenvalue weighted by atomic mass is 19.1. The predicted octanol–water partition coefficient (Wildman–Crippen LogP) is 2.12. The summed E-state index contributed by atoms with van der Waals surface area (Å²) in [6, 6.07) is 11.2. The second kappa shape index (κ2) is 7.82. The summed E-state index contributed by atoms with van der Waals surface area (Å²) >= 11 is 0. The molecule has 5 amide bonds. The minimum atomic E-state index is -1.41. The third-order valence-corrected chi connectivity index (χ3v) is 5.36. The average Bonchev–Trinajstić information content (AvgIpc) is 3.52. The fourth-order valence-corrected chi connectivity index (χ4v) is 3.43. The molecule has 31 heavy (non-hydrogen) atoms. The Bertz CT molecular complexity index is 1070. The molecule has 8 nitrogen and oxygen atoms in total. The summed E-state index contributed by atoms with van der Waals surface area (Å²) in [5.74, 6) is -2.01. The monoisotopic (exact) mass is 424 g/mol. The number of anilines is 1. The van der Waals surface area contributed by atoms with E-state index in [2.05, 4.69) is 16.0 Å². The van der Waals surface area contributed by atoms with Crippen molar-refractivity contribution in [1.82, 2.24) is 15.5 Å². The first-order valence-corrected chi connectivity index (χ1v) is 9.88. The van der Waals surface area contributed by atoms with Crippen LogP contribution in [0.2, 0.25) is 0 Å². The van der Waals surface area contributed by atoms with Gasteiger partial charge in [-0.3, -0.25) is 19.3 Å². The normalized spacial score (nSPS) is 20.4. The van der Waals surface area contributed by atoms with Crippen LogP contribution in [0.15, 0.2) is 48.5 Å². The molecule has 0 spiro atoms. The first-order chi connectivity index (χ1) is 14.8. The lowest BCUT2D eigenvalue weighted by atomic mass is 9.92. The molecular formula is C22H21FN4O4. The molecule has 1 saturated carbocycles. The van der Waals surface area contributed by atoms with Crippen molar-refractivity contribution < 1.29 is 23.6 Å². The van der Waals surface area contributed by atoms with Gasteiger partial charge in [0.05, 0.1) is 11.3 Å². The van der Waals surface area contributed by atoms with Gasteiger partial charge in [-0.05, 0) is 49.6 Å². The number of nitrogens with zero attached hydrogens (tertiary/aromatic N) is 1. The molecule has 2 aromatic carbocycles. The van der Waals surface area contributed by atoms with Crippen molar-refractivity contribution in [1.29, 1.82) is 0 Å². The van der Waals surface area contributed by atoms with Crippen molar-refractivity contribution in [3.63, 3.8) is 0 Å². The van der Waals surface area contributed by atoms with E-state index in [-0.39, 0.29) is 11.9 Å². The number of rotatable bonds is 6. The van der Waals surface area contributed by atoms with Gasteiger partial charge in [0.1, 0.15) is 17.9 Å². The standard InChI is InChI=1S/C22H21FN4O4/c1-22(13-6-8-14(23)9-7-13)20(30)27(21(31)26-22)12-18(28)25-17-5-3-2-4-16(17)19(29)24-15-10-11-15/h2-9,15H,10-12H2,1H3,(H,24,29)(H,25,28)(H,26,31). The van der Waals surface area contributed by atoms with Crippen LogP contribution >= 0.6 is 0 Å². The van der Waals surface area contributed by atoms with E-state index in [9.17, 15) is 23.6 Å². The maximum Gasteiger partial charge on any atom is 0.325 e. The van der Waals surface area contributed by atoms with Gasteiger partial charge >= 0.3 is 6.03 Å². The van der Waals surface area contributed by atoms with Crippen molar-refractivity contribution in [3.05, 3.63) is 65.5 Å². The number of amides is 5. The first kappa shape index (κ1) is 20.5. The number of hydrogen-bond acceptors (Lipinski definition) is 4. The Morgan fingerprint density at radius 3 is 2.48 bits per heavy atom. The fourth-order valence-electron chi connectivity index (χ4n) is 3.43. The quantitative estimate of drug-likeness (QED) is 0.618. The minimum Gasteiger partial charge on any atom is -0.349 e. The Labute approximate surface area is 177 Å². The van der Waals surface area contributed by atoms with Gasteiger partial charge in [-0.2, -0.15) is 0 Å². The molecule has 9 heteroatoms. The van der Waals surface area contributed by atoms with Crippen LogP contribution in [0.5, 0.6) is 0 Å². The van der Waals surface area contributed by atoms with E-state index in [1.807, 2.05) is 0 Å². The molecule has 2 fully saturated rings. The molecule has 1 heterocycles. The largest absolute Gasteiger partial charge is 0.349 e. The number of urea groups is 1. The third kappa shape index (κ3) is 4.11. The van der Waals surface area contributed by atoms with Gasteiger partial charge in [0, 0.05) is 6.04 Å². The molecule has 1 atom stereocenters. The summed E-state index contributed by atoms with van der Waals surface area (Å²) in [6.45, 7) is 0.968. The molecule has 2 aliphatic rings. The Kier molecular flexibility index (Phi) is 5.18. The molecule has 4 rings (SSSR count). The number of benzene rings is 2. The summed E-state index contributed by atoms with van der Waals surface area (Å²) in [5.41, 5.74) is -0.417. The molecule has 3 N–H and O–H groups in total. The van der Waals surface area contributed by atoms with E-state index in [0.717, 1.165) is 17.7 Å². The van der Waals surface area contributed by atoms with Crippen LogP contribution in [0.25, 0.3) is 0 Å². The van der Waals surface area contributed by atoms with Crippen LogP contribution in [0.1, 0.15) is 35.7 Å². The van der Waals surface area contributed by atoms with Crippen LogP contribution in [0.3, 0.4) is 0 Å². The molecule has 1 saturated heterocycles. The number of hydrogen-bond donors (Lipinski definition) is 3. The molecule has 160 valence electrons. The van der Waals surface area contributed by atoms with Crippen molar-refractivity contribution in [2.45, 2.75) is 31.3 Å². The zero-order valence-corrected chi connectivity index (χ0v) is 16.8. The lowest BCUT2D eigenvalue weighted by molar-refractivity contribution is -0.133. The number of imide groups is 1. The van der Waals surface area contributed by atoms with Crippen LogP contribution in [-0.2, 0) is 15.1 Å². The van der Waals surface area contributed by atoms with Crippen molar-refractivity contribution in [3.8, 4) is 0 Å². The van der Waals surface area contributed by atoms with Crippen molar-refractivity contribution in [2.24, 2.45) is 0 Å². The smallest absolute Gasteiger partial charge is 0.325 e. The van der Waals surface area contributed by atoms with E-state index in [4.69, 9.17) is 0 Å².